The van der Waals surface area contributed by atoms with Crippen LogP contribution >= 0.6 is 0 Å². The van der Waals surface area contributed by atoms with Gasteiger partial charge in [0.25, 0.3) is 0 Å². The summed E-state index contributed by atoms with van der Waals surface area (Å²) in [6.07, 6.45) is -0.299. The molecular weight excluding hydrogens is 380 g/mol. The molecule has 0 unspecified atom stereocenters. The van der Waals surface area contributed by atoms with Gasteiger partial charge in [-0.3, -0.25) is 9.59 Å². The normalized spacial score (nSPS) is 15.1. The van der Waals surface area contributed by atoms with Crippen LogP contribution in [-0.2, 0) is 0 Å². The van der Waals surface area contributed by atoms with E-state index in [4.69, 9.17) is 9.47 Å². The van der Waals surface area contributed by atoms with E-state index in [-0.39, 0.29) is 23.8 Å². The van der Waals surface area contributed by atoms with Gasteiger partial charge in [-0.1, -0.05) is 24.3 Å². The smallest absolute Gasteiger partial charge is 0.198 e. The van der Waals surface area contributed by atoms with Crippen LogP contribution in [0.15, 0.2) is 36.4 Å². The lowest BCUT2D eigenvalue weighted by Gasteiger charge is -2.27. The summed E-state index contributed by atoms with van der Waals surface area (Å²) in [5, 5.41) is 0. The van der Waals surface area contributed by atoms with Crippen molar-refractivity contribution in [2.75, 3.05) is 41.3 Å². The molecule has 0 saturated heterocycles. The van der Waals surface area contributed by atoms with Crippen molar-refractivity contribution in [1.29, 1.82) is 0 Å². The first-order valence-corrected chi connectivity index (χ1v) is 10.2. The monoisotopic (exact) mass is 410 g/mol. The van der Waals surface area contributed by atoms with Crippen LogP contribution in [0.5, 0.6) is 11.5 Å². The van der Waals surface area contributed by atoms with E-state index in [9.17, 15) is 9.59 Å². The van der Waals surface area contributed by atoms with Gasteiger partial charge in [0.2, 0.25) is 0 Å². The van der Waals surface area contributed by atoms with E-state index in [2.05, 4.69) is 0 Å². The molecule has 2 atom stereocenters. The minimum atomic E-state index is -0.210. The van der Waals surface area contributed by atoms with Gasteiger partial charge in [-0.25, -0.2) is 0 Å². The third-order valence-corrected chi connectivity index (χ3v) is 4.90. The average molecular weight is 411 g/mol. The van der Waals surface area contributed by atoms with Crippen LogP contribution in [0.3, 0.4) is 0 Å². The zero-order chi connectivity index (χ0) is 22.0. The van der Waals surface area contributed by atoms with Crippen LogP contribution < -0.4 is 9.47 Å². The van der Waals surface area contributed by atoms with Crippen LogP contribution in [0, 0.1) is 0 Å². The Bertz CT molecular complexity index is 876. The van der Waals surface area contributed by atoms with E-state index in [0.29, 0.717) is 46.8 Å². The molecule has 0 amide bonds. The van der Waals surface area contributed by atoms with Gasteiger partial charge in [-0.05, 0) is 54.2 Å². The Balaban J connectivity index is 2.08. The second-order valence-corrected chi connectivity index (χ2v) is 8.40. The SMILES string of the molecule is C[C@@H](CN(C)C)Oc1ccc(O[C@@H](C)CN(C)C)c2c1C(=O)c1ccccc1C2=O. The maximum Gasteiger partial charge on any atom is 0.198 e. The number of likely N-dealkylation sites (N-methyl/N-ethyl adjacent to an activating group) is 2. The van der Waals surface area contributed by atoms with Gasteiger partial charge in [0.15, 0.2) is 11.6 Å². The van der Waals surface area contributed by atoms with Crippen LogP contribution in [0.4, 0.5) is 0 Å². The third kappa shape index (κ3) is 4.55. The summed E-state index contributed by atoms with van der Waals surface area (Å²) in [5.41, 5.74) is 1.38. The Labute approximate surface area is 178 Å². The van der Waals surface area contributed by atoms with Crippen molar-refractivity contribution in [3.8, 4) is 11.5 Å². The lowest BCUT2D eigenvalue weighted by Crippen LogP contribution is -2.31. The molecule has 0 radical (unpaired) electrons. The molecule has 0 aliphatic heterocycles. The number of nitrogens with zero attached hydrogens (tertiary/aromatic N) is 2. The molecular formula is C24H30N2O4. The van der Waals surface area contributed by atoms with E-state index in [0.717, 1.165) is 0 Å². The summed E-state index contributed by atoms with van der Waals surface area (Å²) in [6, 6.07) is 10.4. The molecule has 0 N–H and O–H groups in total. The number of hydrogen-bond donors (Lipinski definition) is 0. The first kappa shape index (κ1) is 22.0. The number of carbonyl (C=O) groups is 2. The molecule has 0 fully saturated rings. The number of ketones is 2. The van der Waals surface area contributed by atoms with E-state index < -0.39 is 0 Å². The van der Waals surface area contributed by atoms with Gasteiger partial charge in [0.1, 0.15) is 23.7 Å². The van der Waals surface area contributed by atoms with E-state index >= 15 is 0 Å². The van der Waals surface area contributed by atoms with Gasteiger partial charge in [-0.2, -0.15) is 0 Å². The standard InChI is InChI=1S/C24H30N2O4/c1-15(13-25(3)4)29-19-11-12-20(30-16(2)14-26(5)6)22-21(19)23(27)17-9-7-8-10-18(17)24(22)28/h7-12,15-16H,13-14H2,1-6H3/t15-,16-/m0/s1. The van der Waals surface area contributed by atoms with E-state index in [1.54, 1.807) is 36.4 Å². The molecule has 0 saturated carbocycles. The molecule has 0 spiro atoms. The van der Waals surface area contributed by atoms with Gasteiger partial charge in [-0.15, -0.1) is 0 Å². The lowest BCUT2D eigenvalue weighted by atomic mass is 9.83. The molecule has 2 aromatic carbocycles. The van der Waals surface area contributed by atoms with Crippen LogP contribution in [0.2, 0.25) is 0 Å². The number of hydrogen-bond acceptors (Lipinski definition) is 6. The Kier molecular flexibility index (Phi) is 6.58. The molecule has 6 heteroatoms. The van der Waals surface area contributed by atoms with E-state index in [1.807, 2.05) is 51.8 Å². The maximum absolute atomic E-state index is 13.4. The zero-order valence-electron chi connectivity index (χ0n) is 18.6. The molecule has 3 rings (SSSR count). The molecule has 0 aromatic heterocycles. The molecule has 1 aliphatic carbocycles. The number of rotatable bonds is 8. The van der Waals surface area contributed by atoms with Crippen molar-refractivity contribution >= 4 is 11.6 Å². The maximum atomic E-state index is 13.4. The fourth-order valence-corrected chi connectivity index (χ4v) is 3.90. The number of benzene rings is 2. The highest BCUT2D eigenvalue weighted by molar-refractivity contribution is 6.30. The fourth-order valence-electron chi connectivity index (χ4n) is 3.90. The molecule has 0 heterocycles. The fraction of sp³-hybridized carbons (Fsp3) is 0.417. The summed E-state index contributed by atoms with van der Waals surface area (Å²) in [7, 11) is 7.85. The second-order valence-electron chi connectivity index (χ2n) is 8.40. The van der Waals surface area contributed by atoms with Crippen LogP contribution in [-0.4, -0.2) is 74.9 Å². The first-order valence-electron chi connectivity index (χ1n) is 10.2. The minimum Gasteiger partial charge on any atom is -0.489 e. The lowest BCUT2D eigenvalue weighted by molar-refractivity contribution is 0.0963. The second kappa shape index (κ2) is 8.98. The van der Waals surface area contributed by atoms with Gasteiger partial charge >= 0.3 is 0 Å². The molecule has 0 bridgehead atoms. The summed E-state index contributed by atoms with van der Waals surface area (Å²) in [6.45, 7) is 5.26. The molecule has 30 heavy (non-hydrogen) atoms. The number of carbonyl (C=O) groups excluding carboxylic acids is 2. The van der Waals surface area contributed by atoms with Crippen molar-refractivity contribution in [2.45, 2.75) is 26.1 Å². The molecule has 160 valence electrons. The number of fused-ring (bicyclic) bond motifs is 2. The Morgan fingerprint density at radius 3 is 1.40 bits per heavy atom. The average Bonchev–Trinajstić information content (AvgIpc) is 2.65. The van der Waals surface area contributed by atoms with Crippen molar-refractivity contribution < 1.29 is 19.1 Å². The highest BCUT2D eigenvalue weighted by Crippen LogP contribution is 2.39. The zero-order valence-corrected chi connectivity index (χ0v) is 18.6. The van der Waals surface area contributed by atoms with E-state index in [1.165, 1.54) is 0 Å². The largest absolute Gasteiger partial charge is 0.489 e. The Hall–Kier alpha value is -2.70. The van der Waals surface area contributed by atoms with Crippen molar-refractivity contribution in [2.24, 2.45) is 0 Å². The summed E-state index contributed by atoms with van der Waals surface area (Å²) in [5.74, 6) is 0.413. The number of ether oxygens (including phenoxy) is 2. The highest BCUT2D eigenvalue weighted by atomic mass is 16.5. The van der Waals surface area contributed by atoms with Crippen molar-refractivity contribution in [1.82, 2.24) is 9.80 Å². The van der Waals surface area contributed by atoms with Gasteiger partial charge in [0.05, 0.1) is 11.1 Å². The van der Waals surface area contributed by atoms with Crippen LogP contribution in [0.25, 0.3) is 0 Å². The topological polar surface area (TPSA) is 59.1 Å². The van der Waals surface area contributed by atoms with Crippen molar-refractivity contribution in [3.05, 3.63) is 58.7 Å². The Morgan fingerprint density at radius 1 is 0.700 bits per heavy atom. The Morgan fingerprint density at radius 2 is 1.07 bits per heavy atom. The summed E-state index contributed by atoms with van der Waals surface area (Å²) >= 11 is 0. The molecule has 2 aromatic rings. The quantitative estimate of drug-likeness (QED) is 0.569. The predicted octanol–water partition coefficient (Wildman–Crippen LogP) is 3.12. The summed E-state index contributed by atoms with van der Waals surface area (Å²) < 4.78 is 12.2. The first-order chi connectivity index (χ1) is 14.2. The molecule has 6 nitrogen and oxygen atoms in total. The third-order valence-electron chi connectivity index (χ3n) is 4.90. The predicted molar refractivity (Wildman–Crippen MR) is 117 cm³/mol. The van der Waals surface area contributed by atoms with Crippen LogP contribution in [0.1, 0.15) is 45.7 Å². The highest BCUT2D eigenvalue weighted by Gasteiger charge is 2.35. The van der Waals surface area contributed by atoms with Gasteiger partial charge in [0, 0.05) is 24.2 Å². The van der Waals surface area contributed by atoms with Gasteiger partial charge < -0.3 is 19.3 Å². The summed E-state index contributed by atoms with van der Waals surface area (Å²) in [4.78, 5) is 30.8. The minimum absolute atomic E-state index is 0.149. The van der Waals surface area contributed by atoms with Crippen molar-refractivity contribution in [3.63, 3.8) is 0 Å². The molecule has 1 aliphatic rings.